The number of aryl methyl sites for hydroxylation is 2. The number of ether oxygens (including phenoxy) is 3. The Morgan fingerprint density at radius 3 is 2.30 bits per heavy atom. The Hall–Kier alpha value is -2.83. The fraction of sp³-hybridized carbons (Fsp3) is 0.450. The van der Waals surface area contributed by atoms with Crippen molar-refractivity contribution in [3.8, 4) is 5.75 Å². The first-order valence-electron chi connectivity index (χ1n) is 8.62. The molecule has 144 valence electrons. The van der Waals surface area contributed by atoms with Crippen LogP contribution < -0.4 is 10.4 Å². The minimum atomic E-state index is -0.971. The standard InChI is InChI=1S/C20H22O7/c1-9-7-15(23)26-16-10(2)17-14(8-13(9)16)18(24-11(3)21)19(25-12(4)22)20(5,6)27-17/h7-8,18-19H,1-6H3/t18-,19-/m0/s1. The number of fused-ring (bicyclic) bond motifs is 2. The van der Waals surface area contributed by atoms with Gasteiger partial charge in [0.1, 0.15) is 16.9 Å². The van der Waals surface area contributed by atoms with Crippen LogP contribution in [0.2, 0.25) is 0 Å². The van der Waals surface area contributed by atoms with Crippen molar-refractivity contribution in [3.63, 3.8) is 0 Å². The lowest BCUT2D eigenvalue weighted by Gasteiger charge is -2.43. The van der Waals surface area contributed by atoms with Gasteiger partial charge in [-0.15, -0.1) is 0 Å². The van der Waals surface area contributed by atoms with Gasteiger partial charge in [-0.25, -0.2) is 4.79 Å². The zero-order valence-electron chi connectivity index (χ0n) is 16.2. The molecule has 0 fully saturated rings. The first kappa shape index (κ1) is 18.9. The number of benzene rings is 1. The number of hydrogen-bond donors (Lipinski definition) is 0. The highest BCUT2D eigenvalue weighted by atomic mass is 16.6. The van der Waals surface area contributed by atoms with Crippen molar-refractivity contribution in [2.24, 2.45) is 0 Å². The molecule has 7 nitrogen and oxygen atoms in total. The van der Waals surface area contributed by atoms with Crippen LogP contribution in [0.4, 0.5) is 0 Å². The molecule has 2 aromatic rings. The molecule has 0 unspecified atom stereocenters. The Morgan fingerprint density at radius 1 is 1.07 bits per heavy atom. The maximum Gasteiger partial charge on any atom is 0.336 e. The van der Waals surface area contributed by atoms with Crippen molar-refractivity contribution in [2.45, 2.75) is 59.4 Å². The average Bonchev–Trinajstić information content (AvgIpc) is 2.52. The molecule has 0 bridgehead atoms. The van der Waals surface area contributed by atoms with E-state index < -0.39 is 35.4 Å². The number of hydrogen-bond acceptors (Lipinski definition) is 7. The highest BCUT2D eigenvalue weighted by molar-refractivity contribution is 5.86. The van der Waals surface area contributed by atoms with Gasteiger partial charge in [-0.05, 0) is 39.3 Å². The lowest BCUT2D eigenvalue weighted by atomic mass is 9.86. The minimum absolute atomic E-state index is 0.419. The summed E-state index contributed by atoms with van der Waals surface area (Å²) in [6.45, 7) is 9.65. The van der Waals surface area contributed by atoms with Crippen LogP contribution in [0.5, 0.6) is 5.75 Å². The Morgan fingerprint density at radius 2 is 1.70 bits per heavy atom. The first-order valence-corrected chi connectivity index (χ1v) is 8.62. The summed E-state index contributed by atoms with van der Waals surface area (Å²) in [5.74, 6) is -0.553. The molecule has 0 N–H and O–H groups in total. The minimum Gasteiger partial charge on any atom is -0.483 e. The second kappa shape index (κ2) is 6.40. The summed E-state index contributed by atoms with van der Waals surface area (Å²) in [6.07, 6.45) is -1.68. The second-order valence-electron chi connectivity index (χ2n) is 7.31. The van der Waals surface area contributed by atoms with E-state index in [1.807, 2.05) is 0 Å². The van der Waals surface area contributed by atoms with Gasteiger partial charge in [0.05, 0.1) is 0 Å². The lowest BCUT2D eigenvalue weighted by Crippen LogP contribution is -2.52. The highest BCUT2D eigenvalue weighted by Crippen LogP contribution is 2.47. The molecule has 7 heteroatoms. The maximum absolute atomic E-state index is 11.8. The van der Waals surface area contributed by atoms with Gasteiger partial charge >= 0.3 is 17.6 Å². The molecule has 0 saturated carbocycles. The SMILES string of the molecule is CC(=O)O[C@H]1c2cc3c(C)cc(=O)oc3c(C)c2OC(C)(C)[C@H]1OC(C)=O. The molecule has 0 amide bonds. The smallest absolute Gasteiger partial charge is 0.336 e. The van der Waals surface area contributed by atoms with Gasteiger partial charge in [-0.3, -0.25) is 9.59 Å². The van der Waals surface area contributed by atoms with Crippen LogP contribution in [0.25, 0.3) is 11.0 Å². The van der Waals surface area contributed by atoms with E-state index in [0.717, 1.165) is 5.56 Å². The summed E-state index contributed by atoms with van der Waals surface area (Å²) in [5, 5.41) is 0.702. The highest BCUT2D eigenvalue weighted by Gasteiger charge is 2.49. The van der Waals surface area contributed by atoms with Crippen LogP contribution in [0.1, 0.15) is 50.5 Å². The van der Waals surface area contributed by atoms with Gasteiger partial charge < -0.3 is 18.6 Å². The Bertz CT molecular complexity index is 1000. The molecule has 2 atom stereocenters. The topological polar surface area (TPSA) is 92.0 Å². The number of carbonyl (C=O) groups excluding carboxylic acids is 2. The third-order valence-electron chi connectivity index (χ3n) is 4.67. The molecule has 0 spiro atoms. The third kappa shape index (κ3) is 3.29. The van der Waals surface area contributed by atoms with E-state index in [-0.39, 0.29) is 0 Å². The number of esters is 2. The van der Waals surface area contributed by atoms with Gasteiger partial charge in [0, 0.05) is 36.4 Å². The van der Waals surface area contributed by atoms with Crippen LogP contribution in [0, 0.1) is 13.8 Å². The predicted octanol–water partition coefficient (Wildman–Crippen LogP) is 3.12. The fourth-order valence-corrected chi connectivity index (χ4v) is 3.50. The largest absolute Gasteiger partial charge is 0.483 e. The Labute approximate surface area is 156 Å². The van der Waals surface area contributed by atoms with E-state index >= 15 is 0 Å². The first-order chi connectivity index (χ1) is 12.5. The summed E-state index contributed by atoms with van der Waals surface area (Å²) >= 11 is 0. The third-order valence-corrected chi connectivity index (χ3v) is 4.67. The number of carbonyl (C=O) groups is 2. The van der Waals surface area contributed by atoms with Crippen molar-refractivity contribution in [1.82, 2.24) is 0 Å². The molecular weight excluding hydrogens is 352 g/mol. The lowest BCUT2D eigenvalue weighted by molar-refractivity contribution is -0.188. The van der Waals surface area contributed by atoms with Gasteiger partial charge in [0.15, 0.2) is 12.2 Å². The molecule has 0 saturated heterocycles. The van der Waals surface area contributed by atoms with E-state index in [1.165, 1.54) is 19.9 Å². The van der Waals surface area contributed by atoms with Crippen molar-refractivity contribution < 1.29 is 28.2 Å². The molecule has 3 rings (SSSR count). The van der Waals surface area contributed by atoms with Crippen molar-refractivity contribution in [2.75, 3.05) is 0 Å². The summed E-state index contributed by atoms with van der Waals surface area (Å²) in [7, 11) is 0. The van der Waals surface area contributed by atoms with Gasteiger partial charge in [0.2, 0.25) is 0 Å². The molecular formula is C20H22O7. The summed E-state index contributed by atoms with van der Waals surface area (Å²) in [5.41, 5.74) is 0.908. The fourth-order valence-electron chi connectivity index (χ4n) is 3.50. The monoisotopic (exact) mass is 374 g/mol. The van der Waals surface area contributed by atoms with Crippen molar-refractivity contribution in [1.29, 1.82) is 0 Å². The van der Waals surface area contributed by atoms with E-state index in [9.17, 15) is 14.4 Å². The van der Waals surface area contributed by atoms with Crippen LogP contribution in [0.15, 0.2) is 21.3 Å². The summed E-state index contributed by atoms with van der Waals surface area (Å²) in [6, 6.07) is 3.15. The zero-order chi connectivity index (χ0) is 20.1. The molecule has 1 aliphatic heterocycles. The summed E-state index contributed by atoms with van der Waals surface area (Å²) in [4.78, 5) is 35.2. The molecule has 1 aliphatic rings. The van der Waals surface area contributed by atoms with Crippen molar-refractivity contribution in [3.05, 3.63) is 39.2 Å². The maximum atomic E-state index is 11.8. The van der Waals surface area contributed by atoms with Crippen molar-refractivity contribution >= 4 is 22.9 Å². The molecule has 0 radical (unpaired) electrons. The van der Waals surface area contributed by atoms with E-state index in [1.54, 1.807) is 33.8 Å². The van der Waals surface area contributed by atoms with Crippen LogP contribution in [0.3, 0.4) is 0 Å². The second-order valence-corrected chi connectivity index (χ2v) is 7.31. The van der Waals surface area contributed by atoms with Gasteiger partial charge in [0.25, 0.3) is 0 Å². The van der Waals surface area contributed by atoms with Crippen LogP contribution in [-0.4, -0.2) is 23.6 Å². The average molecular weight is 374 g/mol. The van der Waals surface area contributed by atoms with Gasteiger partial charge in [-0.2, -0.15) is 0 Å². The van der Waals surface area contributed by atoms with E-state index in [2.05, 4.69) is 0 Å². The zero-order valence-corrected chi connectivity index (χ0v) is 16.2. The quantitative estimate of drug-likeness (QED) is 0.589. The summed E-state index contributed by atoms with van der Waals surface area (Å²) < 4.78 is 22.5. The molecule has 0 aliphatic carbocycles. The number of rotatable bonds is 2. The Kier molecular flexibility index (Phi) is 4.49. The van der Waals surface area contributed by atoms with Gasteiger partial charge in [-0.1, -0.05) is 0 Å². The predicted molar refractivity (Wildman–Crippen MR) is 96.7 cm³/mol. The molecule has 1 aromatic carbocycles. The molecule has 27 heavy (non-hydrogen) atoms. The molecule has 1 aromatic heterocycles. The van der Waals surface area contributed by atoms with Crippen LogP contribution >= 0.6 is 0 Å². The Balaban J connectivity index is 2.32. The normalized spacial score (nSPS) is 20.5. The van der Waals surface area contributed by atoms with E-state index in [4.69, 9.17) is 18.6 Å². The van der Waals surface area contributed by atoms with Crippen LogP contribution in [-0.2, 0) is 19.1 Å². The molecule has 2 heterocycles. The van der Waals surface area contributed by atoms with E-state index in [0.29, 0.717) is 27.8 Å².